The molecule has 0 aliphatic carbocycles. The number of hydrogen-bond acceptors (Lipinski definition) is 2. The number of rotatable bonds is 5. The van der Waals surface area contributed by atoms with Crippen molar-refractivity contribution in [2.24, 2.45) is 0 Å². The first kappa shape index (κ1) is 16.0. The molecule has 0 radical (unpaired) electrons. The molecular formula is C17H16ClNO3. The molecule has 114 valence electrons. The smallest absolute Gasteiger partial charge is 0.305 e. The lowest BCUT2D eigenvalue weighted by Crippen LogP contribution is -2.34. The van der Waals surface area contributed by atoms with Crippen molar-refractivity contribution in [3.8, 4) is 0 Å². The van der Waals surface area contributed by atoms with Crippen LogP contribution in [0.4, 0.5) is 5.69 Å². The number of carboxylic acids is 1. The van der Waals surface area contributed by atoms with Crippen LogP contribution >= 0.6 is 11.6 Å². The number of anilines is 1. The average molecular weight is 318 g/mol. The third-order valence-electron chi connectivity index (χ3n) is 3.31. The third kappa shape index (κ3) is 3.86. The molecule has 1 N–H and O–H groups in total. The summed E-state index contributed by atoms with van der Waals surface area (Å²) in [6, 6.07) is 15.3. The van der Waals surface area contributed by atoms with Gasteiger partial charge in [-0.05, 0) is 29.8 Å². The van der Waals surface area contributed by atoms with Gasteiger partial charge in [-0.15, -0.1) is 0 Å². The zero-order valence-corrected chi connectivity index (χ0v) is 12.8. The number of aliphatic carboxylic acids is 1. The van der Waals surface area contributed by atoms with Crippen LogP contribution in [0, 0.1) is 0 Å². The Labute approximate surface area is 133 Å². The van der Waals surface area contributed by atoms with Crippen LogP contribution in [-0.4, -0.2) is 17.0 Å². The minimum Gasteiger partial charge on any atom is -0.481 e. The molecule has 4 nitrogen and oxygen atoms in total. The van der Waals surface area contributed by atoms with Crippen molar-refractivity contribution in [3.05, 3.63) is 65.2 Å². The van der Waals surface area contributed by atoms with Gasteiger partial charge in [0, 0.05) is 17.6 Å². The van der Waals surface area contributed by atoms with Gasteiger partial charge in [0.15, 0.2) is 0 Å². The number of hydrogen-bond donors (Lipinski definition) is 1. The fraction of sp³-hybridized carbons (Fsp3) is 0.176. The van der Waals surface area contributed by atoms with Crippen molar-refractivity contribution >= 4 is 29.2 Å². The molecule has 2 aromatic rings. The standard InChI is InChI=1S/C17H16ClNO3/c1-12(20)19(15-5-3-2-4-6-15)16(11-17(21)22)13-7-9-14(18)10-8-13/h2-10,16H,11H2,1H3,(H,21,22). The fourth-order valence-corrected chi connectivity index (χ4v) is 2.50. The first-order chi connectivity index (χ1) is 10.5. The molecule has 0 aliphatic rings. The number of benzene rings is 2. The third-order valence-corrected chi connectivity index (χ3v) is 3.56. The van der Waals surface area contributed by atoms with Crippen LogP contribution in [0.25, 0.3) is 0 Å². The molecule has 0 spiro atoms. The van der Waals surface area contributed by atoms with Crippen LogP contribution in [0.3, 0.4) is 0 Å². The summed E-state index contributed by atoms with van der Waals surface area (Å²) in [6.45, 7) is 1.43. The highest BCUT2D eigenvalue weighted by molar-refractivity contribution is 6.30. The molecule has 5 heteroatoms. The Morgan fingerprint density at radius 2 is 1.68 bits per heavy atom. The highest BCUT2D eigenvalue weighted by atomic mass is 35.5. The number of para-hydroxylation sites is 1. The van der Waals surface area contributed by atoms with Gasteiger partial charge in [0.1, 0.15) is 0 Å². The summed E-state index contributed by atoms with van der Waals surface area (Å²) >= 11 is 5.88. The van der Waals surface area contributed by atoms with E-state index in [1.54, 1.807) is 36.4 Å². The normalized spacial score (nSPS) is 11.7. The molecule has 0 bridgehead atoms. The Bertz CT molecular complexity index is 655. The number of amides is 1. The largest absolute Gasteiger partial charge is 0.481 e. The molecule has 1 amide bonds. The Morgan fingerprint density at radius 3 is 2.18 bits per heavy atom. The van der Waals surface area contributed by atoms with Gasteiger partial charge in [-0.1, -0.05) is 41.9 Å². The van der Waals surface area contributed by atoms with Gasteiger partial charge in [-0.25, -0.2) is 0 Å². The second kappa shape index (κ2) is 7.09. The van der Waals surface area contributed by atoms with Crippen LogP contribution in [0.15, 0.2) is 54.6 Å². The maximum Gasteiger partial charge on any atom is 0.305 e. The molecule has 1 unspecified atom stereocenters. The first-order valence-electron chi connectivity index (χ1n) is 6.81. The van der Waals surface area contributed by atoms with Gasteiger partial charge in [-0.3, -0.25) is 9.59 Å². The summed E-state index contributed by atoms with van der Waals surface area (Å²) in [7, 11) is 0. The molecule has 2 aromatic carbocycles. The van der Waals surface area contributed by atoms with Crippen molar-refractivity contribution < 1.29 is 14.7 Å². The molecule has 2 rings (SSSR count). The lowest BCUT2D eigenvalue weighted by Gasteiger charge is -2.30. The lowest BCUT2D eigenvalue weighted by molar-refractivity contribution is -0.137. The molecule has 0 saturated heterocycles. The van der Waals surface area contributed by atoms with E-state index < -0.39 is 12.0 Å². The van der Waals surface area contributed by atoms with E-state index >= 15 is 0 Å². The average Bonchev–Trinajstić information content (AvgIpc) is 2.48. The lowest BCUT2D eigenvalue weighted by atomic mass is 10.0. The predicted octanol–water partition coefficient (Wildman–Crippen LogP) is 3.91. The summed E-state index contributed by atoms with van der Waals surface area (Å²) in [4.78, 5) is 24.9. The van der Waals surface area contributed by atoms with Crippen molar-refractivity contribution in [1.29, 1.82) is 0 Å². The van der Waals surface area contributed by atoms with Crippen LogP contribution in [-0.2, 0) is 9.59 Å². The molecule has 0 fully saturated rings. The van der Waals surface area contributed by atoms with E-state index in [1.165, 1.54) is 11.8 Å². The van der Waals surface area contributed by atoms with Crippen LogP contribution in [0.5, 0.6) is 0 Å². The summed E-state index contributed by atoms with van der Waals surface area (Å²) in [6.07, 6.45) is -0.184. The second-order valence-corrected chi connectivity index (χ2v) is 5.33. The number of halogens is 1. The molecule has 0 saturated carbocycles. The van der Waals surface area contributed by atoms with Gasteiger partial charge in [-0.2, -0.15) is 0 Å². The first-order valence-corrected chi connectivity index (χ1v) is 7.19. The van der Waals surface area contributed by atoms with E-state index in [-0.39, 0.29) is 12.3 Å². The zero-order valence-electron chi connectivity index (χ0n) is 12.1. The van der Waals surface area contributed by atoms with E-state index in [0.717, 1.165) is 5.56 Å². The van der Waals surface area contributed by atoms with E-state index in [1.807, 2.05) is 18.2 Å². The van der Waals surface area contributed by atoms with E-state index in [2.05, 4.69) is 0 Å². The Morgan fingerprint density at radius 1 is 1.09 bits per heavy atom. The number of carbonyl (C=O) groups is 2. The Hall–Kier alpha value is -2.33. The highest BCUT2D eigenvalue weighted by Gasteiger charge is 2.26. The summed E-state index contributed by atoms with van der Waals surface area (Å²) in [5.41, 5.74) is 1.39. The van der Waals surface area contributed by atoms with Crippen molar-refractivity contribution in [1.82, 2.24) is 0 Å². The summed E-state index contributed by atoms with van der Waals surface area (Å²) < 4.78 is 0. The summed E-state index contributed by atoms with van der Waals surface area (Å²) in [5.74, 6) is -1.19. The molecular weight excluding hydrogens is 302 g/mol. The Kier molecular flexibility index (Phi) is 5.17. The molecule has 1 atom stereocenters. The molecule has 0 aromatic heterocycles. The van der Waals surface area contributed by atoms with E-state index in [9.17, 15) is 14.7 Å². The maximum absolute atomic E-state index is 12.1. The quantitative estimate of drug-likeness (QED) is 0.909. The monoisotopic (exact) mass is 317 g/mol. The number of carbonyl (C=O) groups excluding carboxylic acids is 1. The van der Waals surface area contributed by atoms with Gasteiger partial charge >= 0.3 is 5.97 Å². The highest BCUT2D eigenvalue weighted by Crippen LogP contribution is 2.30. The van der Waals surface area contributed by atoms with Gasteiger partial charge in [0.25, 0.3) is 0 Å². The van der Waals surface area contributed by atoms with Crippen LogP contribution in [0.1, 0.15) is 24.9 Å². The second-order valence-electron chi connectivity index (χ2n) is 4.89. The molecule has 22 heavy (non-hydrogen) atoms. The fourth-order valence-electron chi connectivity index (χ4n) is 2.38. The number of carboxylic acid groups (broad SMARTS) is 1. The SMILES string of the molecule is CC(=O)N(c1ccccc1)C(CC(=O)O)c1ccc(Cl)cc1. The topological polar surface area (TPSA) is 57.6 Å². The maximum atomic E-state index is 12.1. The van der Waals surface area contributed by atoms with Crippen LogP contribution < -0.4 is 4.90 Å². The van der Waals surface area contributed by atoms with E-state index in [4.69, 9.17) is 11.6 Å². The van der Waals surface area contributed by atoms with Gasteiger partial charge in [0.05, 0.1) is 12.5 Å². The number of nitrogens with zero attached hydrogens (tertiary/aromatic N) is 1. The minimum absolute atomic E-state index is 0.184. The van der Waals surface area contributed by atoms with Gasteiger partial charge < -0.3 is 10.0 Å². The van der Waals surface area contributed by atoms with Crippen molar-refractivity contribution in [2.45, 2.75) is 19.4 Å². The van der Waals surface area contributed by atoms with Crippen molar-refractivity contribution in [2.75, 3.05) is 4.90 Å². The van der Waals surface area contributed by atoms with Gasteiger partial charge in [0.2, 0.25) is 5.91 Å². The Balaban J connectivity index is 2.47. The van der Waals surface area contributed by atoms with Crippen LogP contribution in [0.2, 0.25) is 5.02 Å². The zero-order chi connectivity index (χ0) is 16.1. The summed E-state index contributed by atoms with van der Waals surface area (Å²) in [5, 5.41) is 9.78. The minimum atomic E-state index is -0.970. The van der Waals surface area contributed by atoms with Crippen molar-refractivity contribution in [3.63, 3.8) is 0 Å². The van der Waals surface area contributed by atoms with E-state index in [0.29, 0.717) is 10.7 Å². The molecule has 0 aliphatic heterocycles. The molecule has 0 heterocycles. The predicted molar refractivity (Wildman–Crippen MR) is 86.0 cm³/mol.